The summed E-state index contributed by atoms with van der Waals surface area (Å²) in [7, 11) is 3.53. The first-order valence-electron chi connectivity index (χ1n) is 10.7. The van der Waals surface area contributed by atoms with Crippen molar-refractivity contribution in [3.63, 3.8) is 0 Å². The molecule has 3 aromatic rings. The van der Waals surface area contributed by atoms with Crippen molar-refractivity contribution in [2.75, 3.05) is 19.4 Å². The molecule has 2 saturated carbocycles. The van der Waals surface area contributed by atoms with Crippen molar-refractivity contribution < 1.29 is 4.79 Å². The fraction of sp³-hybridized carbons (Fsp3) is 0.375. The molecule has 2 fully saturated rings. The average Bonchev–Trinajstić information content (AvgIpc) is 3.26. The van der Waals surface area contributed by atoms with Crippen LogP contribution in [-0.4, -0.2) is 44.5 Å². The molecule has 0 unspecified atom stereocenters. The second-order valence-electron chi connectivity index (χ2n) is 8.55. The van der Waals surface area contributed by atoms with Crippen molar-refractivity contribution in [1.29, 1.82) is 0 Å². The van der Waals surface area contributed by atoms with E-state index in [1.807, 2.05) is 31.6 Å². The summed E-state index contributed by atoms with van der Waals surface area (Å²) in [5.74, 6) is 7.44. The van der Waals surface area contributed by atoms with E-state index < -0.39 is 5.41 Å². The first-order valence-corrected chi connectivity index (χ1v) is 10.7. The highest BCUT2D eigenvalue weighted by molar-refractivity contribution is 5.91. The van der Waals surface area contributed by atoms with Gasteiger partial charge in [-0.2, -0.15) is 0 Å². The summed E-state index contributed by atoms with van der Waals surface area (Å²) in [6.45, 7) is 4.19. The van der Waals surface area contributed by atoms with E-state index in [9.17, 15) is 4.79 Å². The zero-order valence-electron chi connectivity index (χ0n) is 18.6. The van der Waals surface area contributed by atoms with Crippen LogP contribution in [0.1, 0.15) is 44.2 Å². The van der Waals surface area contributed by atoms with Gasteiger partial charge in [0.1, 0.15) is 5.69 Å². The van der Waals surface area contributed by atoms with E-state index in [4.69, 9.17) is 4.98 Å². The summed E-state index contributed by atoms with van der Waals surface area (Å²) in [4.78, 5) is 30.9. The molecule has 5 rings (SSSR count). The van der Waals surface area contributed by atoms with Gasteiger partial charge >= 0.3 is 0 Å². The quantitative estimate of drug-likeness (QED) is 0.493. The molecule has 0 aromatic carbocycles. The van der Waals surface area contributed by atoms with E-state index in [-0.39, 0.29) is 17.9 Å². The van der Waals surface area contributed by atoms with Gasteiger partial charge in [-0.25, -0.2) is 19.9 Å². The zero-order valence-corrected chi connectivity index (χ0v) is 18.6. The molecule has 3 atom stereocenters. The van der Waals surface area contributed by atoms with Crippen LogP contribution < -0.4 is 10.6 Å². The molecular formula is C24H25N7O. The van der Waals surface area contributed by atoms with Crippen molar-refractivity contribution >= 4 is 22.9 Å². The fourth-order valence-electron chi connectivity index (χ4n) is 5.14. The summed E-state index contributed by atoms with van der Waals surface area (Å²) < 4.78 is 2.11. The van der Waals surface area contributed by atoms with Crippen LogP contribution in [0.25, 0.3) is 11.2 Å². The maximum atomic E-state index is 12.8. The standard InChI is InChI=1S/C24H25N7O/c1-14(2)16-11-18(17-12-24(16,17)23(32)26-4)31-13-28-20-21(25-3)29-19(30-22(20)31)9-8-15-7-5-6-10-27-15/h5-7,10,13,17-18H,11-12H2,1-4H3,(H,26,32)(H,25,29,30)/t17-,18-,24-/m1/s1. The van der Waals surface area contributed by atoms with Crippen LogP contribution in [-0.2, 0) is 4.79 Å². The number of hydrogen-bond acceptors (Lipinski definition) is 6. The van der Waals surface area contributed by atoms with Crippen molar-refractivity contribution in [3.8, 4) is 11.8 Å². The minimum Gasteiger partial charge on any atom is -0.371 e. The minimum atomic E-state index is -0.394. The van der Waals surface area contributed by atoms with Gasteiger partial charge in [0.25, 0.3) is 0 Å². The number of carbonyl (C=O) groups is 1. The molecule has 32 heavy (non-hydrogen) atoms. The highest BCUT2D eigenvalue weighted by atomic mass is 16.2. The van der Waals surface area contributed by atoms with Crippen LogP contribution in [0, 0.1) is 23.2 Å². The van der Waals surface area contributed by atoms with Crippen LogP contribution in [0.5, 0.6) is 0 Å². The number of hydrogen-bond donors (Lipinski definition) is 2. The van der Waals surface area contributed by atoms with Gasteiger partial charge in [-0.15, -0.1) is 0 Å². The summed E-state index contributed by atoms with van der Waals surface area (Å²) in [5.41, 5.74) is 4.16. The molecule has 2 aliphatic rings. The van der Waals surface area contributed by atoms with Crippen molar-refractivity contribution in [2.24, 2.45) is 11.3 Å². The number of pyridine rings is 1. The highest BCUT2D eigenvalue weighted by Crippen LogP contribution is 2.71. The molecule has 0 saturated heterocycles. The second kappa shape index (κ2) is 7.45. The molecule has 3 heterocycles. The van der Waals surface area contributed by atoms with E-state index in [0.29, 0.717) is 22.9 Å². The Morgan fingerprint density at radius 1 is 1.19 bits per heavy atom. The molecule has 0 spiro atoms. The summed E-state index contributed by atoms with van der Waals surface area (Å²) >= 11 is 0. The lowest BCUT2D eigenvalue weighted by Crippen LogP contribution is -2.30. The van der Waals surface area contributed by atoms with Crippen molar-refractivity contribution in [3.05, 3.63) is 53.4 Å². The smallest absolute Gasteiger partial charge is 0.230 e. The second-order valence-corrected chi connectivity index (χ2v) is 8.55. The number of amides is 1. The molecule has 3 aromatic heterocycles. The van der Waals surface area contributed by atoms with Gasteiger partial charge < -0.3 is 15.2 Å². The predicted molar refractivity (Wildman–Crippen MR) is 122 cm³/mol. The maximum Gasteiger partial charge on any atom is 0.230 e. The third-order valence-corrected chi connectivity index (χ3v) is 6.65. The number of nitrogens with zero attached hydrogens (tertiary/aromatic N) is 5. The van der Waals surface area contributed by atoms with Gasteiger partial charge in [0.15, 0.2) is 17.0 Å². The number of fused-ring (bicyclic) bond motifs is 2. The van der Waals surface area contributed by atoms with E-state index in [2.05, 4.69) is 55.8 Å². The van der Waals surface area contributed by atoms with Gasteiger partial charge in [0.05, 0.1) is 11.7 Å². The Bertz CT molecular complexity index is 1310. The normalized spacial score (nSPS) is 23.3. The first kappa shape index (κ1) is 20.2. The lowest BCUT2D eigenvalue weighted by atomic mass is 9.92. The van der Waals surface area contributed by atoms with Crippen molar-refractivity contribution in [1.82, 2.24) is 29.8 Å². The maximum absolute atomic E-state index is 12.8. The molecule has 1 amide bonds. The monoisotopic (exact) mass is 427 g/mol. The van der Waals surface area contributed by atoms with Crippen LogP contribution in [0.15, 0.2) is 41.9 Å². The molecule has 2 N–H and O–H groups in total. The average molecular weight is 428 g/mol. The van der Waals surface area contributed by atoms with Gasteiger partial charge in [-0.05, 0) is 56.6 Å². The molecule has 0 bridgehead atoms. The Morgan fingerprint density at radius 2 is 2.03 bits per heavy atom. The number of aromatic nitrogens is 5. The topological polar surface area (TPSA) is 97.6 Å². The Kier molecular flexibility index (Phi) is 4.70. The molecule has 8 nitrogen and oxygen atoms in total. The lowest BCUT2D eigenvalue weighted by Gasteiger charge is -2.17. The SMILES string of the molecule is CNC(=O)[C@@]12C[C@@H]1[C@H](n1cnc3c(NC)nc(C#Cc4ccccn4)nc31)CC2=C(C)C. The van der Waals surface area contributed by atoms with Crippen LogP contribution >= 0.6 is 0 Å². The van der Waals surface area contributed by atoms with E-state index in [1.54, 1.807) is 13.2 Å². The lowest BCUT2D eigenvalue weighted by molar-refractivity contribution is -0.124. The zero-order chi connectivity index (χ0) is 22.5. The highest BCUT2D eigenvalue weighted by Gasteiger charge is 2.69. The van der Waals surface area contributed by atoms with Crippen LogP contribution in [0.4, 0.5) is 5.82 Å². The molecule has 0 radical (unpaired) electrons. The number of nitrogens with one attached hydrogen (secondary N) is 2. The minimum absolute atomic E-state index is 0.109. The van der Waals surface area contributed by atoms with E-state index in [0.717, 1.165) is 18.5 Å². The number of allylic oxidation sites excluding steroid dienone is 1. The third-order valence-electron chi connectivity index (χ3n) is 6.65. The number of imidazole rings is 1. The van der Waals surface area contributed by atoms with Gasteiger partial charge in [-0.3, -0.25) is 4.79 Å². The molecule has 2 aliphatic carbocycles. The molecule has 8 heteroatoms. The summed E-state index contributed by atoms with van der Waals surface area (Å²) in [5, 5.41) is 5.99. The largest absolute Gasteiger partial charge is 0.371 e. The molecular weight excluding hydrogens is 402 g/mol. The van der Waals surface area contributed by atoms with Gasteiger partial charge in [-0.1, -0.05) is 17.2 Å². The van der Waals surface area contributed by atoms with E-state index in [1.165, 1.54) is 11.1 Å². The van der Waals surface area contributed by atoms with Crippen LogP contribution in [0.3, 0.4) is 0 Å². The van der Waals surface area contributed by atoms with Crippen LogP contribution in [0.2, 0.25) is 0 Å². The Labute approximate surface area is 186 Å². The Hall–Kier alpha value is -3.73. The number of rotatable bonds is 3. The Balaban J connectivity index is 1.59. The molecule has 0 aliphatic heterocycles. The first-order chi connectivity index (χ1) is 15.5. The summed E-state index contributed by atoms with van der Waals surface area (Å²) in [6.07, 6.45) is 5.20. The predicted octanol–water partition coefficient (Wildman–Crippen LogP) is 2.70. The van der Waals surface area contributed by atoms with Gasteiger partial charge in [0, 0.05) is 26.3 Å². The summed E-state index contributed by atoms with van der Waals surface area (Å²) in [6, 6.07) is 5.72. The molecule has 162 valence electrons. The van der Waals surface area contributed by atoms with Gasteiger partial charge in [0.2, 0.25) is 11.7 Å². The Morgan fingerprint density at radius 3 is 2.72 bits per heavy atom. The van der Waals surface area contributed by atoms with Crippen molar-refractivity contribution in [2.45, 2.75) is 32.7 Å². The van der Waals surface area contributed by atoms with E-state index >= 15 is 0 Å². The number of carbonyl (C=O) groups excluding carboxylic acids is 1. The fourth-order valence-corrected chi connectivity index (χ4v) is 5.14. The number of anilines is 1. The third kappa shape index (κ3) is 2.96.